The minimum absolute atomic E-state index is 0.419. The summed E-state index contributed by atoms with van der Waals surface area (Å²) in [7, 11) is 0. The first kappa shape index (κ1) is 19.8. The second-order valence-corrected chi connectivity index (χ2v) is 9.48. The summed E-state index contributed by atoms with van der Waals surface area (Å²) in [5.41, 5.74) is 7.83. The van der Waals surface area contributed by atoms with E-state index in [-0.39, 0.29) is 0 Å². The maximum Gasteiger partial charge on any atom is 0.144 e. The van der Waals surface area contributed by atoms with Gasteiger partial charge in [-0.05, 0) is 65.5 Å². The summed E-state index contributed by atoms with van der Waals surface area (Å²) in [5, 5.41) is 4.82. The van der Waals surface area contributed by atoms with Gasteiger partial charge in [0.15, 0.2) is 0 Å². The largest absolute Gasteiger partial charge is 0.455 e. The summed E-state index contributed by atoms with van der Waals surface area (Å²) in [5.74, 6) is 1.05. The number of hydrogen-bond donors (Lipinski definition) is 0. The molecule has 2 heteroatoms. The Hall–Kier alpha value is -3.13. The Morgan fingerprint density at radius 1 is 0.839 bits per heavy atom. The number of rotatable bonds is 4. The SMILES string of the molecule is Cc1cc(-c2ncc(C(C)C)c3cc(CC(C)C)ccc23)c2oc3ccccc3c2c1. The number of aryl methyl sites for hydroxylation is 1. The highest BCUT2D eigenvalue weighted by molar-refractivity contribution is 6.12. The van der Waals surface area contributed by atoms with Gasteiger partial charge < -0.3 is 4.42 Å². The number of pyridine rings is 1. The van der Waals surface area contributed by atoms with Gasteiger partial charge in [-0.3, -0.25) is 4.98 Å². The van der Waals surface area contributed by atoms with Gasteiger partial charge in [-0.2, -0.15) is 0 Å². The quantitative estimate of drug-likeness (QED) is 0.299. The van der Waals surface area contributed by atoms with E-state index in [4.69, 9.17) is 9.40 Å². The van der Waals surface area contributed by atoms with Crippen molar-refractivity contribution in [1.29, 1.82) is 0 Å². The van der Waals surface area contributed by atoms with Gasteiger partial charge in [-0.25, -0.2) is 0 Å². The number of aromatic nitrogens is 1. The fraction of sp³-hybridized carbons (Fsp3) is 0.276. The number of nitrogens with zero attached hydrogens (tertiary/aromatic N) is 1. The third-order valence-electron chi connectivity index (χ3n) is 6.13. The van der Waals surface area contributed by atoms with Crippen molar-refractivity contribution in [1.82, 2.24) is 4.98 Å². The zero-order chi connectivity index (χ0) is 21.7. The summed E-state index contributed by atoms with van der Waals surface area (Å²) in [4.78, 5) is 4.99. The van der Waals surface area contributed by atoms with Crippen LogP contribution in [0.1, 0.15) is 50.3 Å². The number of furan rings is 1. The molecule has 2 aromatic heterocycles. The Bertz CT molecular complexity index is 1420. The fourth-order valence-electron chi connectivity index (χ4n) is 4.73. The average molecular weight is 408 g/mol. The number of hydrogen-bond acceptors (Lipinski definition) is 2. The summed E-state index contributed by atoms with van der Waals surface area (Å²) in [6, 6.07) is 19.6. The molecule has 0 aliphatic heterocycles. The zero-order valence-electron chi connectivity index (χ0n) is 19.0. The molecule has 0 radical (unpaired) electrons. The molecule has 0 saturated carbocycles. The summed E-state index contributed by atoms with van der Waals surface area (Å²) in [6.45, 7) is 11.2. The van der Waals surface area contributed by atoms with E-state index in [0.29, 0.717) is 11.8 Å². The van der Waals surface area contributed by atoms with Crippen LogP contribution in [0.4, 0.5) is 0 Å². The molecule has 0 aliphatic rings. The third kappa shape index (κ3) is 3.40. The van der Waals surface area contributed by atoms with Gasteiger partial charge in [0.05, 0.1) is 5.69 Å². The second kappa shape index (κ2) is 7.53. The van der Waals surface area contributed by atoms with E-state index in [1.54, 1.807) is 0 Å². The molecule has 0 N–H and O–H groups in total. The first-order chi connectivity index (χ1) is 14.9. The molecule has 0 aliphatic carbocycles. The molecular formula is C29H29NO. The Kier molecular flexibility index (Phi) is 4.81. The van der Waals surface area contributed by atoms with Crippen LogP contribution >= 0.6 is 0 Å². The first-order valence-corrected chi connectivity index (χ1v) is 11.3. The summed E-state index contributed by atoms with van der Waals surface area (Å²) in [6.07, 6.45) is 3.15. The lowest BCUT2D eigenvalue weighted by molar-refractivity contribution is 0.648. The zero-order valence-corrected chi connectivity index (χ0v) is 19.0. The van der Waals surface area contributed by atoms with E-state index in [1.807, 2.05) is 12.1 Å². The molecule has 5 aromatic rings. The highest BCUT2D eigenvalue weighted by Crippen LogP contribution is 2.40. The topological polar surface area (TPSA) is 26.0 Å². The van der Waals surface area contributed by atoms with E-state index in [9.17, 15) is 0 Å². The molecule has 0 saturated heterocycles. The molecule has 156 valence electrons. The van der Waals surface area contributed by atoms with Crippen LogP contribution in [0.15, 0.2) is 65.2 Å². The van der Waals surface area contributed by atoms with Crippen LogP contribution in [0.3, 0.4) is 0 Å². The van der Waals surface area contributed by atoms with Crippen molar-refractivity contribution >= 4 is 32.7 Å². The number of fused-ring (bicyclic) bond motifs is 4. The van der Waals surface area contributed by atoms with Crippen LogP contribution in [0.2, 0.25) is 0 Å². The first-order valence-electron chi connectivity index (χ1n) is 11.3. The van der Waals surface area contributed by atoms with E-state index in [1.165, 1.54) is 27.5 Å². The van der Waals surface area contributed by atoms with Gasteiger partial charge in [-0.15, -0.1) is 0 Å². The molecule has 0 spiro atoms. The highest BCUT2D eigenvalue weighted by atomic mass is 16.3. The molecule has 2 heterocycles. The van der Waals surface area contributed by atoms with Crippen molar-refractivity contribution in [2.45, 2.75) is 47.0 Å². The number of benzene rings is 3. The van der Waals surface area contributed by atoms with Gasteiger partial charge in [0.2, 0.25) is 0 Å². The van der Waals surface area contributed by atoms with Crippen LogP contribution < -0.4 is 0 Å². The Labute approximate surface area is 183 Å². The highest BCUT2D eigenvalue weighted by Gasteiger charge is 2.18. The van der Waals surface area contributed by atoms with Crippen LogP contribution in [0.5, 0.6) is 0 Å². The lowest BCUT2D eigenvalue weighted by Gasteiger charge is -2.15. The van der Waals surface area contributed by atoms with Crippen molar-refractivity contribution in [2.24, 2.45) is 5.92 Å². The van der Waals surface area contributed by atoms with Crippen LogP contribution in [-0.4, -0.2) is 4.98 Å². The monoisotopic (exact) mass is 407 g/mol. The molecule has 0 atom stereocenters. The average Bonchev–Trinajstić information content (AvgIpc) is 3.10. The van der Waals surface area contributed by atoms with E-state index >= 15 is 0 Å². The summed E-state index contributed by atoms with van der Waals surface area (Å²) >= 11 is 0. The predicted octanol–water partition coefficient (Wildman–Crippen LogP) is 8.43. The maximum absolute atomic E-state index is 6.36. The molecule has 0 unspecified atom stereocenters. The molecule has 5 rings (SSSR count). The van der Waals surface area contributed by atoms with Crippen molar-refractivity contribution < 1.29 is 4.42 Å². The lowest BCUT2D eigenvalue weighted by Crippen LogP contribution is -1.98. The second-order valence-electron chi connectivity index (χ2n) is 9.48. The fourth-order valence-corrected chi connectivity index (χ4v) is 4.73. The normalized spacial score (nSPS) is 12.1. The van der Waals surface area contributed by atoms with Crippen LogP contribution in [0, 0.1) is 12.8 Å². The third-order valence-corrected chi connectivity index (χ3v) is 6.13. The minimum Gasteiger partial charge on any atom is -0.455 e. The maximum atomic E-state index is 6.36. The van der Waals surface area contributed by atoms with Crippen molar-refractivity contribution in [3.63, 3.8) is 0 Å². The molecule has 0 amide bonds. The summed E-state index contributed by atoms with van der Waals surface area (Å²) < 4.78 is 6.36. The Morgan fingerprint density at radius 2 is 1.65 bits per heavy atom. The van der Waals surface area contributed by atoms with Gasteiger partial charge in [0.25, 0.3) is 0 Å². The molecule has 2 nitrogen and oxygen atoms in total. The minimum atomic E-state index is 0.419. The van der Waals surface area contributed by atoms with Crippen LogP contribution in [-0.2, 0) is 6.42 Å². The number of para-hydroxylation sites is 1. The van der Waals surface area contributed by atoms with Gasteiger partial charge in [-0.1, -0.05) is 64.1 Å². The van der Waals surface area contributed by atoms with E-state index in [0.717, 1.165) is 39.6 Å². The smallest absolute Gasteiger partial charge is 0.144 e. The van der Waals surface area contributed by atoms with E-state index < -0.39 is 0 Å². The van der Waals surface area contributed by atoms with Gasteiger partial charge in [0.1, 0.15) is 11.2 Å². The Morgan fingerprint density at radius 3 is 2.42 bits per heavy atom. The van der Waals surface area contributed by atoms with Gasteiger partial charge in [0, 0.05) is 27.9 Å². The van der Waals surface area contributed by atoms with Crippen molar-refractivity contribution in [3.05, 3.63) is 77.5 Å². The predicted molar refractivity (Wildman–Crippen MR) is 132 cm³/mol. The molecule has 0 bridgehead atoms. The molecule has 3 aromatic carbocycles. The van der Waals surface area contributed by atoms with Gasteiger partial charge >= 0.3 is 0 Å². The lowest BCUT2D eigenvalue weighted by atomic mass is 9.91. The van der Waals surface area contributed by atoms with E-state index in [2.05, 4.69) is 83.3 Å². The molecular weight excluding hydrogens is 378 g/mol. The standard InChI is InChI=1S/C29H29NO/c1-17(2)12-20-10-11-22-23(15-20)26(18(3)4)16-30-28(22)25-14-19(5)13-24-21-8-6-7-9-27(21)31-29(24)25/h6-11,13-18H,12H2,1-5H3. The van der Waals surface area contributed by atoms with Crippen LogP contribution in [0.25, 0.3) is 44.0 Å². The van der Waals surface area contributed by atoms with Crippen molar-refractivity contribution in [2.75, 3.05) is 0 Å². The molecule has 0 fully saturated rings. The van der Waals surface area contributed by atoms with Crippen molar-refractivity contribution in [3.8, 4) is 11.3 Å². The molecule has 31 heavy (non-hydrogen) atoms. The Balaban J connectivity index is 1.83.